The van der Waals surface area contributed by atoms with Crippen LogP contribution in [-0.4, -0.2) is 64.4 Å². The van der Waals surface area contributed by atoms with Gasteiger partial charge in [0.25, 0.3) is 0 Å². The van der Waals surface area contributed by atoms with E-state index in [0.29, 0.717) is 39.1 Å². The van der Waals surface area contributed by atoms with Gasteiger partial charge in [0.15, 0.2) is 0 Å². The van der Waals surface area contributed by atoms with Gasteiger partial charge in [0.1, 0.15) is 6.61 Å². The lowest BCUT2D eigenvalue weighted by Crippen LogP contribution is -2.47. The van der Waals surface area contributed by atoms with Crippen molar-refractivity contribution in [3.63, 3.8) is 0 Å². The molecule has 0 spiro atoms. The minimum Gasteiger partial charge on any atom is -0.370 e. The van der Waals surface area contributed by atoms with Crippen LogP contribution in [0, 0.1) is 0 Å². The van der Waals surface area contributed by atoms with Crippen LogP contribution in [0.1, 0.15) is 12.8 Å². The maximum atomic E-state index is 11.7. The molecule has 1 amide bonds. The Balaban J connectivity index is 2.28. The van der Waals surface area contributed by atoms with Crippen LogP contribution in [0.2, 0.25) is 0 Å². The number of nitrogens with one attached hydrogen (secondary N) is 1. The summed E-state index contributed by atoms with van der Waals surface area (Å²) >= 11 is 0. The van der Waals surface area contributed by atoms with Gasteiger partial charge in [-0.25, -0.2) is 13.1 Å². The first-order valence-electron chi connectivity index (χ1n) is 5.95. The summed E-state index contributed by atoms with van der Waals surface area (Å²) in [6.45, 7) is 1.92. The third kappa shape index (κ3) is 5.76. The number of likely N-dealkylation sites (tertiary alicyclic amines) is 1. The van der Waals surface area contributed by atoms with Gasteiger partial charge in [-0.15, -0.1) is 0 Å². The van der Waals surface area contributed by atoms with E-state index in [0.717, 1.165) is 6.26 Å². The van der Waals surface area contributed by atoms with Crippen molar-refractivity contribution >= 4 is 15.9 Å². The van der Waals surface area contributed by atoms with Gasteiger partial charge in [0.05, 0.1) is 12.9 Å². The first-order chi connectivity index (χ1) is 8.42. The number of hydrogen-bond acceptors (Lipinski definition) is 5. The summed E-state index contributed by atoms with van der Waals surface area (Å²) in [6.07, 6.45) is 2.41. The molecule has 0 bridgehead atoms. The highest BCUT2D eigenvalue weighted by Gasteiger charge is 2.24. The molecule has 0 aromatic heterocycles. The lowest BCUT2D eigenvalue weighted by atomic mass is 10.1. The Bertz CT molecular complexity index is 363. The van der Waals surface area contributed by atoms with E-state index in [1.807, 2.05) is 0 Å². The fourth-order valence-electron chi connectivity index (χ4n) is 1.88. The summed E-state index contributed by atoms with van der Waals surface area (Å²) in [4.78, 5) is 13.4. The van der Waals surface area contributed by atoms with Crippen molar-refractivity contribution in [2.45, 2.75) is 18.9 Å². The highest BCUT2D eigenvalue weighted by atomic mass is 32.2. The molecular formula is C10H21N3O4S. The molecular weight excluding hydrogens is 258 g/mol. The molecule has 0 saturated carbocycles. The van der Waals surface area contributed by atoms with Gasteiger partial charge in [-0.3, -0.25) is 4.79 Å². The molecule has 1 aliphatic rings. The van der Waals surface area contributed by atoms with Gasteiger partial charge >= 0.3 is 0 Å². The molecule has 0 aliphatic carbocycles. The van der Waals surface area contributed by atoms with Crippen LogP contribution in [0.25, 0.3) is 0 Å². The van der Waals surface area contributed by atoms with E-state index in [-0.39, 0.29) is 18.6 Å². The molecule has 18 heavy (non-hydrogen) atoms. The average molecular weight is 279 g/mol. The number of amides is 1. The van der Waals surface area contributed by atoms with Crippen LogP contribution < -0.4 is 10.5 Å². The van der Waals surface area contributed by atoms with Gasteiger partial charge in [-0.05, 0) is 12.8 Å². The maximum absolute atomic E-state index is 11.7. The van der Waals surface area contributed by atoms with Crippen molar-refractivity contribution in [2.75, 3.05) is 39.1 Å². The second kappa shape index (κ2) is 7.03. The predicted octanol–water partition coefficient (Wildman–Crippen LogP) is -1.50. The van der Waals surface area contributed by atoms with Crippen LogP contribution in [0.4, 0.5) is 0 Å². The molecule has 0 unspecified atom stereocenters. The van der Waals surface area contributed by atoms with Crippen LogP contribution >= 0.6 is 0 Å². The topological polar surface area (TPSA) is 102 Å². The molecule has 0 aromatic carbocycles. The quantitative estimate of drug-likeness (QED) is 0.576. The molecule has 3 N–H and O–H groups in total. The van der Waals surface area contributed by atoms with Crippen LogP contribution in [-0.2, 0) is 19.6 Å². The van der Waals surface area contributed by atoms with Gasteiger partial charge in [-0.2, -0.15) is 0 Å². The Morgan fingerprint density at radius 3 is 2.56 bits per heavy atom. The number of sulfonamides is 1. The zero-order valence-corrected chi connectivity index (χ0v) is 11.4. The Morgan fingerprint density at radius 1 is 1.44 bits per heavy atom. The standard InChI is InChI=1S/C10H21N3O4S/c1-18(15,16)12-9-2-5-13(6-3-9)10(14)8-17-7-4-11/h9,12H,2-8,11H2,1H3. The van der Waals surface area contributed by atoms with E-state index in [1.165, 1.54) is 0 Å². The normalized spacial score (nSPS) is 18.0. The Labute approximate surface area is 108 Å². The van der Waals surface area contributed by atoms with Crippen molar-refractivity contribution in [1.29, 1.82) is 0 Å². The lowest BCUT2D eigenvalue weighted by molar-refractivity contribution is -0.137. The number of ether oxygens (including phenoxy) is 1. The fourth-order valence-corrected chi connectivity index (χ4v) is 2.72. The number of carbonyl (C=O) groups is 1. The monoisotopic (exact) mass is 279 g/mol. The molecule has 0 radical (unpaired) electrons. The second-order valence-corrected chi connectivity index (χ2v) is 6.17. The van der Waals surface area contributed by atoms with Crippen molar-refractivity contribution in [3.8, 4) is 0 Å². The summed E-state index contributed by atoms with van der Waals surface area (Å²) < 4.78 is 29.8. The SMILES string of the molecule is CS(=O)(=O)NC1CCN(C(=O)COCCN)CC1. The first-order valence-corrected chi connectivity index (χ1v) is 7.84. The van der Waals surface area contributed by atoms with Crippen molar-refractivity contribution < 1.29 is 17.9 Å². The van der Waals surface area contributed by atoms with Gasteiger partial charge in [0.2, 0.25) is 15.9 Å². The van der Waals surface area contributed by atoms with Crippen molar-refractivity contribution in [2.24, 2.45) is 5.73 Å². The molecule has 7 nitrogen and oxygen atoms in total. The molecule has 1 fully saturated rings. The van der Waals surface area contributed by atoms with E-state index in [1.54, 1.807) is 4.90 Å². The van der Waals surface area contributed by atoms with Gasteiger partial charge in [-0.1, -0.05) is 0 Å². The van der Waals surface area contributed by atoms with E-state index >= 15 is 0 Å². The number of nitrogens with two attached hydrogens (primary N) is 1. The number of hydrogen-bond donors (Lipinski definition) is 2. The number of carbonyl (C=O) groups excluding carboxylic acids is 1. The summed E-state index contributed by atoms with van der Waals surface area (Å²) in [5.41, 5.74) is 5.26. The van der Waals surface area contributed by atoms with Crippen molar-refractivity contribution in [3.05, 3.63) is 0 Å². The summed E-state index contributed by atoms with van der Waals surface area (Å²) in [6, 6.07) is -0.0750. The fraction of sp³-hybridized carbons (Fsp3) is 0.900. The van der Waals surface area contributed by atoms with E-state index in [9.17, 15) is 13.2 Å². The molecule has 0 aromatic rings. The molecule has 106 valence electrons. The number of rotatable bonds is 6. The summed E-state index contributed by atoms with van der Waals surface area (Å²) in [5, 5.41) is 0. The molecule has 1 heterocycles. The summed E-state index contributed by atoms with van der Waals surface area (Å²) in [7, 11) is -3.17. The first kappa shape index (κ1) is 15.4. The Kier molecular flexibility index (Phi) is 6.00. The largest absolute Gasteiger partial charge is 0.370 e. The van der Waals surface area contributed by atoms with E-state index in [2.05, 4.69) is 4.72 Å². The molecule has 1 rings (SSSR count). The number of nitrogens with zero attached hydrogens (tertiary/aromatic N) is 1. The molecule has 0 atom stereocenters. The minimum absolute atomic E-state index is 0.0430. The smallest absolute Gasteiger partial charge is 0.248 e. The lowest BCUT2D eigenvalue weighted by Gasteiger charge is -2.31. The zero-order chi connectivity index (χ0) is 13.6. The maximum Gasteiger partial charge on any atom is 0.248 e. The average Bonchev–Trinajstić information content (AvgIpc) is 2.28. The zero-order valence-electron chi connectivity index (χ0n) is 10.6. The summed E-state index contributed by atoms with van der Waals surface area (Å²) in [5.74, 6) is -0.0683. The molecule has 1 aliphatic heterocycles. The van der Waals surface area contributed by atoms with Crippen LogP contribution in [0.3, 0.4) is 0 Å². The Morgan fingerprint density at radius 2 is 2.06 bits per heavy atom. The predicted molar refractivity (Wildman–Crippen MR) is 67.5 cm³/mol. The second-order valence-electron chi connectivity index (χ2n) is 4.39. The third-order valence-electron chi connectivity index (χ3n) is 2.72. The van der Waals surface area contributed by atoms with E-state index in [4.69, 9.17) is 10.5 Å². The van der Waals surface area contributed by atoms with Crippen LogP contribution in [0.5, 0.6) is 0 Å². The number of piperidine rings is 1. The highest BCUT2D eigenvalue weighted by molar-refractivity contribution is 7.88. The molecule has 8 heteroatoms. The third-order valence-corrected chi connectivity index (χ3v) is 3.48. The van der Waals surface area contributed by atoms with Crippen molar-refractivity contribution in [1.82, 2.24) is 9.62 Å². The highest BCUT2D eigenvalue weighted by Crippen LogP contribution is 2.11. The Hall–Kier alpha value is -0.700. The van der Waals surface area contributed by atoms with Gasteiger partial charge < -0.3 is 15.4 Å². The minimum atomic E-state index is -3.17. The van der Waals surface area contributed by atoms with Crippen LogP contribution in [0.15, 0.2) is 0 Å². The molecule has 1 saturated heterocycles. The van der Waals surface area contributed by atoms with E-state index < -0.39 is 10.0 Å². The van der Waals surface area contributed by atoms with Gasteiger partial charge in [0, 0.05) is 25.7 Å².